The van der Waals surface area contributed by atoms with E-state index in [1.807, 2.05) is 51.9 Å². The van der Waals surface area contributed by atoms with Crippen molar-refractivity contribution in [3.8, 4) is 0 Å². The highest BCUT2D eigenvalue weighted by molar-refractivity contribution is 7.08. The number of nitrogens with zero attached hydrogens (tertiary/aromatic N) is 4. The molecule has 160 valence electrons. The van der Waals surface area contributed by atoms with Crippen LogP contribution in [0.5, 0.6) is 0 Å². The highest BCUT2D eigenvalue weighted by Gasteiger charge is 2.33. The molecular weight excluding hydrogens is 408 g/mol. The summed E-state index contributed by atoms with van der Waals surface area (Å²) in [6.07, 6.45) is 7.13. The van der Waals surface area contributed by atoms with E-state index in [0.717, 1.165) is 24.8 Å². The fourth-order valence-electron chi connectivity index (χ4n) is 4.27. The minimum atomic E-state index is -0.0751. The zero-order chi connectivity index (χ0) is 21.6. The van der Waals surface area contributed by atoms with Gasteiger partial charge in [0.2, 0.25) is 0 Å². The molecular formula is C24H26N4O2S. The molecule has 2 amide bonds. The van der Waals surface area contributed by atoms with E-state index in [4.69, 9.17) is 0 Å². The summed E-state index contributed by atoms with van der Waals surface area (Å²) in [6, 6.07) is 12.3. The van der Waals surface area contributed by atoms with E-state index in [2.05, 4.69) is 22.1 Å². The number of piperidine rings is 1. The number of benzene rings is 1. The van der Waals surface area contributed by atoms with Crippen molar-refractivity contribution in [3.05, 3.63) is 82.6 Å². The third-order valence-corrected chi connectivity index (χ3v) is 6.71. The van der Waals surface area contributed by atoms with Crippen molar-refractivity contribution in [1.29, 1.82) is 0 Å². The number of carbonyl (C=O) groups excluding carboxylic acids is 2. The summed E-state index contributed by atoms with van der Waals surface area (Å²) in [5.74, 6) is 0.299. The molecule has 0 aliphatic carbocycles. The van der Waals surface area contributed by atoms with Crippen LogP contribution in [0, 0.1) is 5.92 Å². The maximum Gasteiger partial charge on any atom is 0.274 e. The molecule has 1 aromatic carbocycles. The predicted octanol–water partition coefficient (Wildman–Crippen LogP) is 3.77. The lowest BCUT2D eigenvalue weighted by molar-refractivity contribution is 0.0520. The van der Waals surface area contributed by atoms with Gasteiger partial charge >= 0.3 is 0 Å². The zero-order valence-electron chi connectivity index (χ0n) is 17.6. The van der Waals surface area contributed by atoms with E-state index in [1.54, 1.807) is 12.4 Å². The van der Waals surface area contributed by atoms with Crippen LogP contribution in [0.1, 0.15) is 39.3 Å². The predicted molar refractivity (Wildman–Crippen MR) is 121 cm³/mol. The van der Waals surface area contributed by atoms with Gasteiger partial charge in [-0.2, -0.15) is 11.3 Å². The number of likely N-dealkylation sites (N-methyl/N-ethyl adjacent to an activating group) is 1. The third-order valence-electron chi connectivity index (χ3n) is 6.03. The largest absolute Gasteiger partial charge is 0.338 e. The Labute approximate surface area is 186 Å². The highest BCUT2D eigenvalue weighted by Crippen LogP contribution is 2.28. The standard InChI is InChI=1S/C24H26N4O2S/c1-27(23(29)20-9-14-31-17-20)22(15-18-5-3-2-4-6-18)19-7-12-28(13-8-19)24(30)21-16-25-10-11-26-21/h2-6,9-11,14,16-17,19,22H,7-8,12-13,15H2,1H3. The molecule has 0 radical (unpaired) electrons. The number of carbonyl (C=O) groups is 2. The normalized spacial score (nSPS) is 15.5. The van der Waals surface area contributed by atoms with Gasteiger partial charge in [-0.25, -0.2) is 4.98 Å². The summed E-state index contributed by atoms with van der Waals surface area (Å²) in [5.41, 5.74) is 2.34. The second-order valence-corrected chi connectivity index (χ2v) is 8.69. The van der Waals surface area contributed by atoms with Gasteiger partial charge in [-0.1, -0.05) is 30.3 Å². The second kappa shape index (κ2) is 9.83. The molecule has 1 unspecified atom stereocenters. The van der Waals surface area contributed by atoms with Crippen LogP contribution in [0.2, 0.25) is 0 Å². The van der Waals surface area contributed by atoms with Crippen LogP contribution >= 0.6 is 11.3 Å². The average Bonchev–Trinajstić information content (AvgIpc) is 3.38. The molecule has 3 heterocycles. The van der Waals surface area contributed by atoms with E-state index < -0.39 is 0 Å². The fourth-order valence-corrected chi connectivity index (χ4v) is 4.90. The van der Waals surface area contributed by atoms with Crippen LogP contribution < -0.4 is 0 Å². The molecule has 1 saturated heterocycles. The van der Waals surface area contributed by atoms with Gasteiger partial charge in [-0.05, 0) is 42.2 Å². The SMILES string of the molecule is CN(C(=O)c1ccsc1)C(Cc1ccccc1)C1CCN(C(=O)c2cnccn2)CC1. The van der Waals surface area contributed by atoms with Crippen LogP contribution in [0.25, 0.3) is 0 Å². The maximum atomic E-state index is 13.1. The Morgan fingerprint density at radius 2 is 1.94 bits per heavy atom. The lowest BCUT2D eigenvalue weighted by Gasteiger charge is -2.40. The topological polar surface area (TPSA) is 66.4 Å². The van der Waals surface area contributed by atoms with E-state index in [1.165, 1.54) is 23.1 Å². The number of thiophene rings is 1. The monoisotopic (exact) mass is 434 g/mol. The Morgan fingerprint density at radius 3 is 2.58 bits per heavy atom. The lowest BCUT2D eigenvalue weighted by Crippen LogP contribution is -2.48. The quantitative estimate of drug-likeness (QED) is 0.592. The van der Waals surface area contributed by atoms with Crippen LogP contribution in [0.3, 0.4) is 0 Å². The van der Waals surface area contributed by atoms with Gasteiger partial charge in [-0.3, -0.25) is 14.6 Å². The maximum absolute atomic E-state index is 13.1. The Morgan fingerprint density at radius 1 is 1.16 bits per heavy atom. The van der Waals surface area contributed by atoms with Gasteiger partial charge in [0, 0.05) is 44.0 Å². The van der Waals surface area contributed by atoms with Gasteiger partial charge in [0.15, 0.2) is 0 Å². The first-order valence-corrected chi connectivity index (χ1v) is 11.5. The van der Waals surface area contributed by atoms with Crippen LogP contribution in [0.4, 0.5) is 0 Å². The first-order valence-electron chi connectivity index (χ1n) is 10.5. The molecule has 1 aliphatic rings. The number of amides is 2. The molecule has 31 heavy (non-hydrogen) atoms. The van der Waals surface area contributed by atoms with E-state index in [-0.39, 0.29) is 17.9 Å². The van der Waals surface area contributed by atoms with Crippen molar-refractivity contribution in [1.82, 2.24) is 19.8 Å². The summed E-state index contributed by atoms with van der Waals surface area (Å²) >= 11 is 1.54. The molecule has 1 aliphatic heterocycles. The number of hydrogen-bond acceptors (Lipinski definition) is 5. The molecule has 0 N–H and O–H groups in total. The van der Waals surface area contributed by atoms with Gasteiger partial charge in [0.05, 0.1) is 11.8 Å². The number of hydrogen-bond donors (Lipinski definition) is 0. The summed E-state index contributed by atoms with van der Waals surface area (Å²) in [5, 5.41) is 3.84. The molecule has 1 atom stereocenters. The van der Waals surface area contributed by atoms with Gasteiger partial charge in [-0.15, -0.1) is 0 Å². The number of rotatable bonds is 6. The summed E-state index contributed by atoms with van der Waals surface area (Å²) in [6.45, 7) is 1.32. The smallest absolute Gasteiger partial charge is 0.274 e. The van der Waals surface area contributed by atoms with Gasteiger partial charge in [0.1, 0.15) is 5.69 Å². The van der Waals surface area contributed by atoms with E-state index in [9.17, 15) is 9.59 Å². The van der Waals surface area contributed by atoms with Crippen molar-refractivity contribution in [2.75, 3.05) is 20.1 Å². The molecule has 2 aromatic heterocycles. The van der Waals surface area contributed by atoms with Crippen molar-refractivity contribution in [3.63, 3.8) is 0 Å². The van der Waals surface area contributed by atoms with Crippen LogP contribution in [-0.2, 0) is 6.42 Å². The van der Waals surface area contributed by atoms with Gasteiger partial charge < -0.3 is 9.80 Å². The molecule has 3 aromatic rings. The summed E-state index contributed by atoms with van der Waals surface area (Å²) < 4.78 is 0. The Kier molecular flexibility index (Phi) is 6.72. The molecule has 0 bridgehead atoms. The Hall–Kier alpha value is -3.06. The molecule has 0 spiro atoms. The highest BCUT2D eigenvalue weighted by atomic mass is 32.1. The Balaban J connectivity index is 1.48. The molecule has 1 fully saturated rings. The van der Waals surface area contributed by atoms with Crippen molar-refractivity contribution in [2.45, 2.75) is 25.3 Å². The summed E-state index contributed by atoms with van der Waals surface area (Å²) in [7, 11) is 1.91. The van der Waals surface area contributed by atoms with E-state index in [0.29, 0.717) is 24.7 Å². The first-order chi connectivity index (χ1) is 15.1. The Bertz CT molecular complexity index is 987. The fraction of sp³-hybridized carbons (Fsp3) is 0.333. The van der Waals surface area contributed by atoms with Crippen LogP contribution in [-0.4, -0.2) is 57.8 Å². The molecule has 7 heteroatoms. The van der Waals surface area contributed by atoms with Crippen molar-refractivity contribution >= 4 is 23.2 Å². The van der Waals surface area contributed by atoms with E-state index >= 15 is 0 Å². The molecule has 0 saturated carbocycles. The number of likely N-dealkylation sites (tertiary alicyclic amines) is 1. The van der Waals surface area contributed by atoms with Crippen molar-refractivity contribution in [2.24, 2.45) is 5.92 Å². The molecule has 4 rings (SSSR count). The third kappa shape index (κ3) is 4.99. The summed E-state index contributed by atoms with van der Waals surface area (Å²) in [4.78, 5) is 37.7. The lowest BCUT2D eigenvalue weighted by atomic mass is 9.84. The first kappa shape index (κ1) is 21.2. The average molecular weight is 435 g/mol. The van der Waals surface area contributed by atoms with Crippen LogP contribution in [0.15, 0.2) is 65.7 Å². The molecule has 6 nitrogen and oxygen atoms in total. The minimum Gasteiger partial charge on any atom is -0.338 e. The van der Waals surface area contributed by atoms with Crippen molar-refractivity contribution < 1.29 is 9.59 Å². The minimum absolute atomic E-state index is 0.0558. The zero-order valence-corrected chi connectivity index (χ0v) is 18.4. The number of aromatic nitrogens is 2. The second-order valence-electron chi connectivity index (χ2n) is 7.91. The van der Waals surface area contributed by atoms with Gasteiger partial charge in [0.25, 0.3) is 11.8 Å².